The third kappa shape index (κ3) is 4.05. The van der Waals surface area contributed by atoms with E-state index in [9.17, 15) is 8.42 Å². The molecule has 1 unspecified atom stereocenters. The molecule has 3 aromatic heterocycles. The zero-order valence-electron chi connectivity index (χ0n) is 24.1. The number of morpholine rings is 1. The molecule has 10 heteroatoms. The van der Waals surface area contributed by atoms with Gasteiger partial charge >= 0.3 is 0 Å². The standard InChI is InChI=1S/C28H43N5O3SSi/c1-19(2)38(20(3)4,21(5)6)31-12-9-23(17-31)24-16-29-33-25(28(10-11-28)37(8,34)35)15-26(30-27(24)33)32-13-14-36-18-22(32)7/h9,12,15-17,19-22H,10-11,13-14,18H2,1-8H3. The van der Waals surface area contributed by atoms with Crippen molar-refractivity contribution < 1.29 is 13.2 Å². The van der Waals surface area contributed by atoms with E-state index in [1.807, 2.05) is 12.3 Å². The summed E-state index contributed by atoms with van der Waals surface area (Å²) >= 11 is 0. The zero-order chi connectivity index (χ0) is 27.6. The Balaban J connectivity index is 1.70. The van der Waals surface area contributed by atoms with Crippen LogP contribution < -0.4 is 4.90 Å². The second-order valence-corrected chi connectivity index (χ2v) is 20.4. The zero-order valence-corrected chi connectivity index (χ0v) is 25.9. The van der Waals surface area contributed by atoms with Gasteiger partial charge in [-0.05, 0) is 48.7 Å². The summed E-state index contributed by atoms with van der Waals surface area (Å²) < 4.78 is 35.1. The number of aromatic nitrogens is 4. The Hall–Kier alpha value is -2.17. The Morgan fingerprint density at radius 2 is 1.76 bits per heavy atom. The minimum Gasteiger partial charge on any atom is -0.379 e. The van der Waals surface area contributed by atoms with E-state index in [4.69, 9.17) is 14.8 Å². The Morgan fingerprint density at radius 3 is 2.32 bits per heavy atom. The van der Waals surface area contributed by atoms with Gasteiger partial charge in [-0.25, -0.2) is 17.9 Å². The lowest BCUT2D eigenvalue weighted by molar-refractivity contribution is 0.0985. The van der Waals surface area contributed by atoms with E-state index in [0.29, 0.717) is 42.7 Å². The van der Waals surface area contributed by atoms with E-state index in [2.05, 4.69) is 76.1 Å². The Kier molecular flexibility index (Phi) is 6.84. The normalized spacial score (nSPS) is 20.3. The first-order chi connectivity index (χ1) is 17.8. The maximum Gasteiger partial charge on any atom is 0.168 e. The molecule has 208 valence electrons. The maximum atomic E-state index is 13.0. The van der Waals surface area contributed by atoms with Crippen molar-refractivity contribution in [3.63, 3.8) is 0 Å². The molecule has 4 heterocycles. The van der Waals surface area contributed by atoms with Crippen LogP contribution in [0, 0.1) is 0 Å². The Morgan fingerprint density at radius 1 is 1.11 bits per heavy atom. The number of hydrogen-bond acceptors (Lipinski definition) is 6. The van der Waals surface area contributed by atoms with Crippen LogP contribution in [0.2, 0.25) is 16.6 Å². The van der Waals surface area contributed by atoms with E-state index in [1.165, 1.54) is 6.26 Å². The number of rotatable bonds is 8. The summed E-state index contributed by atoms with van der Waals surface area (Å²) in [5.74, 6) is 0.801. The highest BCUT2D eigenvalue weighted by atomic mass is 32.2. The van der Waals surface area contributed by atoms with Crippen molar-refractivity contribution >= 4 is 29.5 Å². The highest BCUT2D eigenvalue weighted by molar-refractivity contribution is 7.92. The predicted octanol–water partition coefficient (Wildman–Crippen LogP) is 5.48. The van der Waals surface area contributed by atoms with Crippen molar-refractivity contribution in [1.82, 2.24) is 18.8 Å². The van der Waals surface area contributed by atoms with Crippen molar-refractivity contribution in [2.75, 3.05) is 30.9 Å². The summed E-state index contributed by atoms with van der Waals surface area (Å²) in [7, 11) is -5.22. The Bertz CT molecular complexity index is 1420. The van der Waals surface area contributed by atoms with E-state index >= 15 is 0 Å². The van der Waals surface area contributed by atoms with Gasteiger partial charge in [0, 0.05) is 36.2 Å². The molecular formula is C28H43N5O3SSi. The van der Waals surface area contributed by atoms with Gasteiger partial charge in [-0.1, -0.05) is 41.5 Å². The number of sulfone groups is 1. The summed E-state index contributed by atoms with van der Waals surface area (Å²) in [5.41, 5.74) is 5.19. The van der Waals surface area contributed by atoms with Crippen LogP contribution >= 0.6 is 0 Å². The van der Waals surface area contributed by atoms with Gasteiger partial charge in [0.05, 0.1) is 31.1 Å². The molecule has 2 aliphatic rings. The highest BCUT2D eigenvalue weighted by Gasteiger charge is 2.56. The molecule has 1 saturated heterocycles. The van der Waals surface area contributed by atoms with Gasteiger partial charge in [-0.3, -0.25) is 0 Å². The van der Waals surface area contributed by atoms with Gasteiger partial charge in [-0.2, -0.15) is 5.10 Å². The fourth-order valence-corrected chi connectivity index (χ4v) is 15.2. The van der Waals surface area contributed by atoms with E-state index in [-0.39, 0.29) is 6.04 Å². The van der Waals surface area contributed by atoms with Gasteiger partial charge in [0.1, 0.15) is 10.6 Å². The molecule has 0 amide bonds. The molecule has 1 atom stereocenters. The van der Waals surface area contributed by atoms with Crippen molar-refractivity contribution in [1.29, 1.82) is 0 Å². The lowest BCUT2D eigenvalue weighted by Crippen LogP contribution is -2.51. The van der Waals surface area contributed by atoms with Gasteiger partial charge in [0.2, 0.25) is 0 Å². The number of fused-ring (bicyclic) bond motifs is 1. The molecule has 2 fully saturated rings. The number of anilines is 1. The van der Waals surface area contributed by atoms with E-state index < -0.39 is 22.8 Å². The molecule has 1 aliphatic carbocycles. The fraction of sp³-hybridized carbons (Fsp3) is 0.643. The molecule has 0 spiro atoms. The molecule has 0 bridgehead atoms. The van der Waals surface area contributed by atoms with Crippen LogP contribution in [0.4, 0.5) is 5.82 Å². The van der Waals surface area contributed by atoms with Crippen molar-refractivity contribution in [2.45, 2.75) is 88.7 Å². The summed E-state index contributed by atoms with van der Waals surface area (Å²) in [5, 5.41) is 4.75. The largest absolute Gasteiger partial charge is 0.379 e. The fourth-order valence-electron chi connectivity index (χ4n) is 7.31. The molecule has 1 saturated carbocycles. The SMILES string of the molecule is CC1COCCN1c1cc(C2(S(C)(=O)=O)CC2)n2ncc(-c3ccn([Si](C(C)C)(C(C)C)C(C)C)c3)c2n1. The maximum absolute atomic E-state index is 13.0. The van der Waals surface area contributed by atoms with Crippen LogP contribution in [-0.2, 0) is 19.3 Å². The first-order valence-corrected chi connectivity index (χ1v) is 18.0. The monoisotopic (exact) mass is 557 g/mol. The van der Waals surface area contributed by atoms with Gasteiger partial charge < -0.3 is 13.9 Å². The van der Waals surface area contributed by atoms with Gasteiger partial charge in [0.15, 0.2) is 23.7 Å². The highest BCUT2D eigenvalue weighted by Crippen LogP contribution is 2.53. The number of nitrogens with zero attached hydrogens (tertiary/aromatic N) is 5. The predicted molar refractivity (Wildman–Crippen MR) is 156 cm³/mol. The Labute approximate surface area is 228 Å². The van der Waals surface area contributed by atoms with Crippen molar-refractivity contribution in [3.05, 3.63) is 36.4 Å². The number of hydrogen-bond donors (Lipinski definition) is 0. The second-order valence-electron chi connectivity index (χ2n) is 12.3. The summed E-state index contributed by atoms with van der Waals surface area (Å²) in [6.07, 6.45) is 8.97. The minimum atomic E-state index is -3.33. The molecule has 3 aromatic rings. The van der Waals surface area contributed by atoms with Crippen LogP contribution in [0.3, 0.4) is 0 Å². The summed E-state index contributed by atoms with van der Waals surface area (Å²) in [6, 6.07) is 4.29. The summed E-state index contributed by atoms with van der Waals surface area (Å²) in [6.45, 7) is 18.3. The van der Waals surface area contributed by atoms with Crippen LogP contribution in [0.15, 0.2) is 30.7 Å². The second kappa shape index (κ2) is 9.48. The average Bonchev–Trinajstić information content (AvgIpc) is 3.34. The van der Waals surface area contributed by atoms with Gasteiger partial charge in [0.25, 0.3) is 0 Å². The minimum absolute atomic E-state index is 0.155. The van der Waals surface area contributed by atoms with Crippen molar-refractivity contribution in [2.24, 2.45) is 0 Å². The average molecular weight is 558 g/mol. The first-order valence-electron chi connectivity index (χ1n) is 14.0. The topological polar surface area (TPSA) is 81.7 Å². The third-order valence-electron chi connectivity index (χ3n) is 9.23. The molecule has 5 rings (SSSR count). The van der Waals surface area contributed by atoms with Crippen LogP contribution in [0.25, 0.3) is 16.8 Å². The molecule has 0 radical (unpaired) electrons. The van der Waals surface area contributed by atoms with Gasteiger partial charge in [-0.15, -0.1) is 0 Å². The smallest absolute Gasteiger partial charge is 0.168 e. The van der Waals surface area contributed by atoms with Crippen molar-refractivity contribution in [3.8, 4) is 11.1 Å². The van der Waals surface area contributed by atoms with E-state index in [1.54, 1.807) is 4.52 Å². The van der Waals surface area contributed by atoms with Crippen LogP contribution in [0.1, 0.15) is 67.0 Å². The molecular weight excluding hydrogens is 514 g/mol. The molecule has 8 nitrogen and oxygen atoms in total. The molecule has 0 aromatic carbocycles. The quantitative estimate of drug-likeness (QED) is 0.341. The third-order valence-corrected chi connectivity index (χ3v) is 18.0. The van der Waals surface area contributed by atoms with E-state index in [0.717, 1.165) is 34.8 Å². The molecule has 0 N–H and O–H groups in total. The first kappa shape index (κ1) is 27.4. The molecule has 38 heavy (non-hydrogen) atoms. The van der Waals surface area contributed by atoms with Crippen LogP contribution in [-0.4, -0.2) is 67.5 Å². The lowest BCUT2D eigenvalue weighted by Gasteiger charge is -2.44. The summed E-state index contributed by atoms with van der Waals surface area (Å²) in [4.78, 5) is 7.36. The molecule has 1 aliphatic heterocycles. The number of ether oxygens (including phenoxy) is 1. The lowest BCUT2D eigenvalue weighted by atomic mass is 10.1. The van der Waals surface area contributed by atoms with Crippen LogP contribution in [0.5, 0.6) is 0 Å².